The van der Waals surface area contributed by atoms with E-state index in [0.717, 1.165) is 24.2 Å². The van der Waals surface area contributed by atoms with E-state index in [1.807, 2.05) is 36.1 Å². The Balaban J connectivity index is 3.04. The van der Waals surface area contributed by atoms with Crippen LogP contribution >= 0.6 is 0 Å². The third kappa shape index (κ3) is 4.24. The van der Waals surface area contributed by atoms with Gasteiger partial charge >= 0.3 is 0 Å². The van der Waals surface area contributed by atoms with Crippen LogP contribution in [0.3, 0.4) is 0 Å². The number of nitrogens with one attached hydrogen (secondary N) is 1. The summed E-state index contributed by atoms with van der Waals surface area (Å²) >= 11 is 0. The molecule has 0 fully saturated rings. The molecule has 0 radical (unpaired) electrons. The largest absolute Gasteiger partial charge is 0.388 e. The normalized spacial score (nSPS) is 12.0. The summed E-state index contributed by atoms with van der Waals surface area (Å²) in [5.41, 5.74) is 1.84. The lowest BCUT2D eigenvalue weighted by Crippen LogP contribution is -2.36. The fraction of sp³-hybridized carbons (Fsp3) is 0.533. The molecule has 106 valence electrons. The highest BCUT2D eigenvalue weighted by Crippen LogP contribution is 2.28. The first-order valence-corrected chi connectivity index (χ1v) is 6.86. The van der Waals surface area contributed by atoms with E-state index in [1.54, 1.807) is 7.05 Å². The molecule has 0 aromatic heterocycles. The topological polar surface area (TPSA) is 52.6 Å². The average Bonchev–Trinajstić information content (AvgIpc) is 2.45. The summed E-state index contributed by atoms with van der Waals surface area (Å²) in [5, 5.41) is 12.7. The Labute approximate surface area is 115 Å². The van der Waals surface area contributed by atoms with E-state index >= 15 is 0 Å². The number of aliphatic hydroxyl groups excluding tert-OH is 1. The number of hydrogen-bond donors (Lipinski definition) is 2. The van der Waals surface area contributed by atoms with Crippen LogP contribution < -0.4 is 10.2 Å². The maximum Gasteiger partial charge on any atom is 0.239 e. The van der Waals surface area contributed by atoms with E-state index in [1.165, 1.54) is 0 Å². The Kier molecular flexibility index (Phi) is 6.36. The van der Waals surface area contributed by atoms with Gasteiger partial charge in [-0.15, -0.1) is 0 Å². The highest BCUT2D eigenvalue weighted by molar-refractivity contribution is 5.81. The Morgan fingerprint density at radius 1 is 1.37 bits per heavy atom. The molecule has 2 N–H and O–H groups in total. The first kappa shape index (κ1) is 15.5. The Bertz CT molecular complexity index is 407. The first-order chi connectivity index (χ1) is 9.13. The minimum atomic E-state index is -0.486. The average molecular weight is 264 g/mol. The van der Waals surface area contributed by atoms with Gasteiger partial charge in [0.15, 0.2) is 0 Å². The maximum atomic E-state index is 11.6. The fourth-order valence-electron chi connectivity index (χ4n) is 2.08. The second kappa shape index (κ2) is 7.79. The molecule has 19 heavy (non-hydrogen) atoms. The number of likely N-dealkylation sites (N-methyl/N-ethyl adjacent to an activating group) is 1. The molecule has 0 spiro atoms. The predicted octanol–water partition coefficient (Wildman–Crippen LogP) is 2.09. The summed E-state index contributed by atoms with van der Waals surface area (Å²) in [7, 11) is 1.64. The SMILES string of the molecule is CCCN(CC(=O)NC)c1ccccc1[C@@H](O)CC. The molecule has 0 aliphatic carbocycles. The lowest BCUT2D eigenvalue weighted by molar-refractivity contribution is -0.119. The van der Waals surface area contributed by atoms with Crippen LogP contribution in [0.25, 0.3) is 0 Å². The number of hydrogen-bond acceptors (Lipinski definition) is 3. The molecule has 1 rings (SSSR count). The summed E-state index contributed by atoms with van der Waals surface area (Å²) in [6, 6.07) is 7.75. The van der Waals surface area contributed by atoms with Crippen molar-refractivity contribution in [2.75, 3.05) is 25.0 Å². The molecule has 4 nitrogen and oxygen atoms in total. The van der Waals surface area contributed by atoms with Crippen molar-refractivity contribution in [2.24, 2.45) is 0 Å². The summed E-state index contributed by atoms with van der Waals surface area (Å²) in [6.45, 7) is 5.14. The van der Waals surface area contributed by atoms with Crippen molar-refractivity contribution in [3.05, 3.63) is 29.8 Å². The van der Waals surface area contributed by atoms with E-state index in [0.29, 0.717) is 13.0 Å². The van der Waals surface area contributed by atoms with Crippen LogP contribution in [-0.4, -0.2) is 31.2 Å². The molecule has 0 bridgehead atoms. The number of carbonyl (C=O) groups excluding carboxylic acids is 1. The second-order valence-electron chi connectivity index (χ2n) is 4.58. The summed E-state index contributed by atoms with van der Waals surface area (Å²) in [5.74, 6) is -0.0192. The van der Waals surface area contributed by atoms with Gasteiger partial charge in [-0.1, -0.05) is 32.0 Å². The molecule has 1 aromatic carbocycles. The molecule has 1 amide bonds. The number of aliphatic hydroxyl groups is 1. The minimum absolute atomic E-state index is 0.0192. The maximum absolute atomic E-state index is 11.6. The van der Waals surface area contributed by atoms with Gasteiger partial charge in [0.1, 0.15) is 0 Å². The molecule has 0 aliphatic heterocycles. The number of anilines is 1. The van der Waals surface area contributed by atoms with Gasteiger partial charge in [0.2, 0.25) is 5.91 Å². The number of rotatable bonds is 7. The first-order valence-electron chi connectivity index (χ1n) is 6.86. The molecule has 0 heterocycles. The number of amides is 1. The van der Waals surface area contributed by atoms with Crippen LogP contribution in [0.5, 0.6) is 0 Å². The fourth-order valence-corrected chi connectivity index (χ4v) is 2.08. The zero-order valence-electron chi connectivity index (χ0n) is 12.0. The smallest absolute Gasteiger partial charge is 0.239 e. The van der Waals surface area contributed by atoms with Gasteiger partial charge in [0.25, 0.3) is 0 Å². The zero-order chi connectivity index (χ0) is 14.3. The van der Waals surface area contributed by atoms with Crippen LogP contribution in [0.1, 0.15) is 38.4 Å². The number of benzene rings is 1. The van der Waals surface area contributed by atoms with Crippen molar-refractivity contribution in [3.63, 3.8) is 0 Å². The Hall–Kier alpha value is -1.55. The number of nitrogens with zero attached hydrogens (tertiary/aromatic N) is 1. The van der Waals surface area contributed by atoms with Crippen LogP contribution in [0, 0.1) is 0 Å². The Morgan fingerprint density at radius 2 is 2.05 bits per heavy atom. The third-order valence-corrected chi connectivity index (χ3v) is 3.13. The lowest BCUT2D eigenvalue weighted by Gasteiger charge is -2.27. The second-order valence-corrected chi connectivity index (χ2v) is 4.58. The molecule has 0 saturated carbocycles. The highest BCUT2D eigenvalue weighted by atomic mass is 16.3. The van der Waals surface area contributed by atoms with E-state index in [9.17, 15) is 9.90 Å². The van der Waals surface area contributed by atoms with Crippen molar-refractivity contribution >= 4 is 11.6 Å². The van der Waals surface area contributed by atoms with Gasteiger partial charge in [-0.3, -0.25) is 4.79 Å². The molecule has 1 atom stereocenters. The van der Waals surface area contributed by atoms with Crippen molar-refractivity contribution < 1.29 is 9.90 Å². The van der Waals surface area contributed by atoms with E-state index in [4.69, 9.17) is 0 Å². The molecule has 4 heteroatoms. The number of carbonyl (C=O) groups is 1. The van der Waals surface area contributed by atoms with Crippen LogP contribution in [-0.2, 0) is 4.79 Å². The molecule has 0 aliphatic rings. The van der Waals surface area contributed by atoms with Crippen molar-refractivity contribution in [2.45, 2.75) is 32.8 Å². The molecular formula is C15H24N2O2. The van der Waals surface area contributed by atoms with Crippen molar-refractivity contribution in [3.8, 4) is 0 Å². The predicted molar refractivity (Wildman–Crippen MR) is 78.3 cm³/mol. The Morgan fingerprint density at radius 3 is 2.63 bits per heavy atom. The summed E-state index contributed by atoms with van der Waals surface area (Å²) in [6.07, 6.45) is 1.13. The summed E-state index contributed by atoms with van der Waals surface area (Å²) in [4.78, 5) is 13.6. The van der Waals surface area contributed by atoms with Gasteiger partial charge in [-0.25, -0.2) is 0 Å². The molecule has 0 saturated heterocycles. The summed E-state index contributed by atoms with van der Waals surface area (Å²) < 4.78 is 0. The number of para-hydroxylation sites is 1. The van der Waals surface area contributed by atoms with Crippen molar-refractivity contribution in [1.82, 2.24) is 5.32 Å². The third-order valence-electron chi connectivity index (χ3n) is 3.13. The van der Waals surface area contributed by atoms with Crippen LogP contribution in [0.15, 0.2) is 24.3 Å². The highest BCUT2D eigenvalue weighted by Gasteiger charge is 2.16. The molecule has 1 aromatic rings. The quantitative estimate of drug-likeness (QED) is 0.793. The van der Waals surface area contributed by atoms with Gasteiger partial charge in [0.05, 0.1) is 12.6 Å². The monoisotopic (exact) mass is 264 g/mol. The minimum Gasteiger partial charge on any atom is -0.388 e. The molecular weight excluding hydrogens is 240 g/mol. The van der Waals surface area contributed by atoms with Gasteiger partial charge in [-0.05, 0) is 18.9 Å². The zero-order valence-corrected chi connectivity index (χ0v) is 12.0. The van der Waals surface area contributed by atoms with Crippen LogP contribution in [0.2, 0.25) is 0 Å². The van der Waals surface area contributed by atoms with Gasteiger partial charge in [-0.2, -0.15) is 0 Å². The standard InChI is InChI=1S/C15H24N2O2/c1-4-10-17(11-15(19)16-3)13-9-7-6-8-12(13)14(18)5-2/h6-9,14,18H,4-5,10-11H2,1-3H3,(H,16,19)/t14-/m0/s1. The van der Waals surface area contributed by atoms with Gasteiger partial charge < -0.3 is 15.3 Å². The van der Waals surface area contributed by atoms with E-state index in [2.05, 4.69) is 12.2 Å². The lowest BCUT2D eigenvalue weighted by atomic mass is 10.0. The molecule has 0 unspecified atom stereocenters. The van der Waals surface area contributed by atoms with Crippen molar-refractivity contribution in [1.29, 1.82) is 0 Å². The van der Waals surface area contributed by atoms with Gasteiger partial charge in [0, 0.05) is 24.8 Å². The van der Waals surface area contributed by atoms with Crippen LogP contribution in [0.4, 0.5) is 5.69 Å². The van der Waals surface area contributed by atoms with E-state index in [-0.39, 0.29) is 5.91 Å². The van der Waals surface area contributed by atoms with E-state index < -0.39 is 6.10 Å².